The van der Waals surface area contributed by atoms with Crippen molar-refractivity contribution < 1.29 is 34.0 Å². The van der Waals surface area contributed by atoms with Crippen LogP contribution in [0.15, 0.2) is 6.07 Å². The predicted molar refractivity (Wildman–Crippen MR) is 92.4 cm³/mol. The van der Waals surface area contributed by atoms with Crippen molar-refractivity contribution in [2.45, 2.75) is 46.1 Å². The number of aromatic nitrogens is 2. The van der Waals surface area contributed by atoms with E-state index in [1.165, 1.54) is 0 Å². The van der Waals surface area contributed by atoms with Gasteiger partial charge >= 0.3 is 5.97 Å². The number of carbonyl (C=O) groups excluding carboxylic acids is 1. The monoisotopic (exact) mass is 374 g/mol. The van der Waals surface area contributed by atoms with Crippen LogP contribution in [0.2, 0.25) is 0 Å². The number of aliphatic hydroxyl groups excluding tert-OH is 2. The number of nitrogens with zero attached hydrogens (tertiary/aromatic N) is 2. The molecule has 1 aromatic rings. The Hall–Kier alpha value is -1.52. The van der Waals surface area contributed by atoms with Gasteiger partial charge in [-0.2, -0.15) is 5.10 Å². The normalized spacial score (nSPS) is 11.7. The summed E-state index contributed by atoms with van der Waals surface area (Å²) in [6.45, 7) is 7.39. The lowest BCUT2D eigenvalue weighted by Crippen LogP contribution is -2.27. The summed E-state index contributed by atoms with van der Waals surface area (Å²) in [7, 11) is 0. The lowest BCUT2D eigenvalue weighted by atomic mass is 10.2. The van der Waals surface area contributed by atoms with Crippen molar-refractivity contribution in [2.75, 3.05) is 39.6 Å². The average Bonchev–Trinajstić information content (AvgIpc) is 2.97. The second-order valence-corrected chi connectivity index (χ2v) is 6.53. The van der Waals surface area contributed by atoms with Gasteiger partial charge < -0.3 is 29.2 Å². The Labute approximate surface area is 153 Å². The Morgan fingerprint density at radius 2 is 1.65 bits per heavy atom. The van der Waals surface area contributed by atoms with E-state index in [-0.39, 0.29) is 19.8 Å². The molecule has 0 unspecified atom stereocenters. The van der Waals surface area contributed by atoms with Gasteiger partial charge in [0.15, 0.2) is 0 Å². The molecule has 0 aromatic carbocycles. The van der Waals surface area contributed by atoms with Gasteiger partial charge in [0, 0.05) is 0 Å². The fraction of sp³-hybridized carbons (Fsp3) is 0.765. The summed E-state index contributed by atoms with van der Waals surface area (Å²) in [4.78, 5) is 11.4. The van der Waals surface area contributed by atoms with Crippen molar-refractivity contribution in [1.29, 1.82) is 0 Å². The van der Waals surface area contributed by atoms with Gasteiger partial charge in [0.25, 0.3) is 0 Å². The molecule has 0 aliphatic heterocycles. The Balaban J connectivity index is 1.98. The van der Waals surface area contributed by atoms with Gasteiger partial charge in [-0.3, -0.25) is 4.68 Å². The van der Waals surface area contributed by atoms with E-state index in [4.69, 9.17) is 24.1 Å². The van der Waals surface area contributed by atoms with Gasteiger partial charge in [0.2, 0.25) is 0 Å². The van der Waals surface area contributed by atoms with E-state index in [1.807, 2.05) is 0 Å². The van der Waals surface area contributed by atoms with Crippen LogP contribution >= 0.6 is 0 Å². The Kier molecular flexibility index (Phi) is 10.4. The summed E-state index contributed by atoms with van der Waals surface area (Å²) in [5.41, 5.74) is 0.641. The second-order valence-electron chi connectivity index (χ2n) is 6.53. The standard InChI is InChI=1S/C17H30N2O7/c1-17(2,3)26-16(22)13-25-9-8-24-7-6-23-5-4-19-15(12-21)10-14(11-20)18-19/h10,20-21H,4-9,11-13H2,1-3H3. The van der Waals surface area contributed by atoms with E-state index < -0.39 is 11.6 Å². The van der Waals surface area contributed by atoms with Crippen molar-refractivity contribution >= 4 is 5.97 Å². The number of esters is 1. The molecule has 0 aliphatic rings. The maximum atomic E-state index is 11.4. The predicted octanol–water partition coefficient (Wildman–Crippen LogP) is 0.259. The molecule has 2 N–H and O–H groups in total. The fourth-order valence-electron chi connectivity index (χ4n) is 2.03. The molecule has 0 saturated carbocycles. The molecule has 1 aromatic heterocycles. The van der Waals surface area contributed by atoms with Gasteiger partial charge in [-0.25, -0.2) is 4.79 Å². The van der Waals surface area contributed by atoms with Crippen molar-refractivity contribution in [1.82, 2.24) is 9.78 Å². The van der Waals surface area contributed by atoms with E-state index in [2.05, 4.69) is 5.10 Å². The molecule has 0 aliphatic carbocycles. The van der Waals surface area contributed by atoms with Crippen LogP contribution in [-0.2, 0) is 43.5 Å². The highest BCUT2D eigenvalue weighted by Crippen LogP contribution is 2.06. The van der Waals surface area contributed by atoms with E-state index in [1.54, 1.807) is 31.5 Å². The highest BCUT2D eigenvalue weighted by atomic mass is 16.6. The molecule has 0 fully saturated rings. The third-order valence-corrected chi connectivity index (χ3v) is 3.07. The lowest BCUT2D eigenvalue weighted by molar-refractivity contribution is -0.160. The first-order chi connectivity index (χ1) is 12.4. The first-order valence-electron chi connectivity index (χ1n) is 8.58. The fourth-order valence-corrected chi connectivity index (χ4v) is 2.03. The van der Waals surface area contributed by atoms with Crippen molar-refractivity contribution in [3.8, 4) is 0 Å². The Morgan fingerprint density at radius 1 is 1.04 bits per heavy atom. The van der Waals surface area contributed by atoms with Crippen LogP contribution < -0.4 is 0 Å². The quantitative estimate of drug-likeness (QED) is 0.373. The molecule has 150 valence electrons. The van der Waals surface area contributed by atoms with Crippen molar-refractivity contribution in [2.24, 2.45) is 0 Å². The number of aliphatic hydroxyl groups is 2. The van der Waals surface area contributed by atoms with Crippen LogP contribution in [0.25, 0.3) is 0 Å². The number of rotatable bonds is 13. The smallest absolute Gasteiger partial charge is 0.332 e. The molecule has 0 bridgehead atoms. The molecule has 0 saturated heterocycles. The van der Waals surface area contributed by atoms with Crippen LogP contribution in [0.1, 0.15) is 32.2 Å². The number of hydrogen-bond acceptors (Lipinski definition) is 8. The Bertz CT molecular complexity index is 526. The molecule has 9 heteroatoms. The van der Waals surface area contributed by atoms with E-state index in [0.29, 0.717) is 51.0 Å². The van der Waals surface area contributed by atoms with Crippen LogP contribution in [0.5, 0.6) is 0 Å². The van der Waals surface area contributed by atoms with Gasteiger partial charge in [-0.15, -0.1) is 0 Å². The molecule has 0 spiro atoms. The van der Waals surface area contributed by atoms with Crippen molar-refractivity contribution in [3.63, 3.8) is 0 Å². The zero-order chi connectivity index (χ0) is 19.4. The Morgan fingerprint density at radius 3 is 2.23 bits per heavy atom. The van der Waals surface area contributed by atoms with Crippen molar-refractivity contribution in [3.05, 3.63) is 17.5 Å². The van der Waals surface area contributed by atoms with Gasteiger partial charge in [-0.05, 0) is 26.8 Å². The summed E-state index contributed by atoms with van der Waals surface area (Å²) in [6.07, 6.45) is 0. The van der Waals surface area contributed by atoms with Crippen LogP contribution in [0.4, 0.5) is 0 Å². The molecule has 0 radical (unpaired) electrons. The summed E-state index contributed by atoms with van der Waals surface area (Å²) < 4.78 is 22.7. The molecule has 0 atom stereocenters. The minimum atomic E-state index is -0.512. The average molecular weight is 374 g/mol. The molecule has 26 heavy (non-hydrogen) atoms. The molecule has 0 amide bonds. The highest BCUT2D eigenvalue weighted by Gasteiger charge is 2.15. The summed E-state index contributed by atoms with van der Waals surface area (Å²) in [5.74, 6) is -0.397. The van der Waals surface area contributed by atoms with Crippen LogP contribution in [-0.4, -0.2) is 71.2 Å². The van der Waals surface area contributed by atoms with E-state index in [9.17, 15) is 9.90 Å². The molecule has 9 nitrogen and oxygen atoms in total. The first kappa shape index (κ1) is 22.5. The van der Waals surface area contributed by atoms with Gasteiger partial charge in [0.1, 0.15) is 12.2 Å². The topological polar surface area (TPSA) is 112 Å². The first-order valence-corrected chi connectivity index (χ1v) is 8.58. The molecular weight excluding hydrogens is 344 g/mol. The SMILES string of the molecule is CC(C)(C)OC(=O)COCCOCCOCCn1nc(CO)cc1CO. The number of ether oxygens (including phenoxy) is 4. The summed E-state index contributed by atoms with van der Waals surface area (Å²) in [5, 5.41) is 22.4. The summed E-state index contributed by atoms with van der Waals surface area (Å²) >= 11 is 0. The minimum Gasteiger partial charge on any atom is -0.458 e. The molecule has 1 heterocycles. The number of hydrogen-bond donors (Lipinski definition) is 2. The second kappa shape index (κ2) is 12.0. The maximum absolute atomic E-state index is 11.4. The van der Waals surface area contributed by atoms with Gasteiger partial charge in [-0.1, -0.05) is 0 Å². The summed E-state index contributed by atoms with van der Waals surface area (Å²) in [6, 6.07) is 1.65. The number of carbonyl (C=O) groups is 1. The van der Waals surface area contributed by atoms with Crippen LogP contribution in [0.3, 0.4) is 0 Å². The third kappa shape index (κ3) is 9.83. The minimum absolute atomic E-state index is 0.0932. The molecular formula is C17H30N2O7. The zero-order valence-corrected chi connectivity index (χ0v) is 15.8. The maximum Gasteiger partial charge on any atom is 0.332 e. The van der Waals surface area contributed by atoms with E-state index >= 15 is 0 Å². The largest absolute Gasteiger partial charge is 0.458 e. The highest BCUT2D eigenvalue weighted by molar-refractivity contribution is 5.71. The lowest BCUT2D eigenvalue weighted by Gasteiger charge is -2.19. The third-order valence-electron chi connectivity index (χ3n) is 3.07. The van der Waals surface area contributed by atoms with Gasteiger partial charge in [0.05, 0.1) is 64.2 Å². The van der Waals surface area contributed by atoms with E-state index in [0.717, 1.165) is 0 Å². The molecule has 1 rings (SSSR count). The van der Waals surface area contributed by atoms with Crippen LogP contribution in [0, 0.1) is 0 Å². The zero-order valence-electron chi connectivity index (χ0n) is 15.8.